The van der Waals surface area contributed by atoms with Gasteiger partial charge in [-0.1, -0.05) is 12.1 Å². The number of carboxylic acid groups (broad SMARTS) is 1. The lowest BCUT2D eigenvalue weighted by molar-refractivity contribution is -0.145. The van der Waals surface area contributed by atoms with Crippen molar-refractivity contribution >= 4 is 17.6 Å². The smallest absolute Gasteiger partial charge is 0.321 e. The Morgan fingerprint density at radius 3 is 2.64 bits per heavy atom. The number of rotatable bonds is 5. The van der Waals surface area contributed by atoms with Crippen molar-refractivity contribution in [3.63, 3.8) is 0 Å². The molecule has 6 nitrogen and oxygen atoms in total. The highest BCUT2D eigenvalue weighted by molar-refractivity contribution is 5.94. The number of carbonyl (C=O) groups is 2. The molecule has 2 rings (SSSR count). The van der Waals surface area contributed by atoms with Crippen LogP contribution in [0.1, 0.15) is 17.5 Å². The maximum Gasteiger partial charge on any atom is 0.321 e. The first-order chi connectivity index (χ1) is 10.5. The third kappa shape index (κ3) is 4.29. The number of piperazine rings is 1. The lowest BCUT2D eigenvalue weighted by atomic mass is 10.1. The largest absolute Gasteiger partial charge is 0.480 e. The van der Waals surface area contributed by atoms with Crippen molar-refractivity contribution in [3.05, 3.63) is 29.3 Å². The van der Waals surface area contributed by atoms with Gasteiger partial charge in [-0.15, -0.1) is 0 Å². The van der Waals surface area contributed by atoms with Crippen LogP contribution >= 0.6 is 0 Å². The monoisotopic (exact) mass is 305 g/mol. The third-order valence-electron chi connectivity index (χ3n) is 3.92. The van der Waals surface area contributed by atoms with Crippen LogP contribution in [0.25, 0.3) is 0 Å². The molecule has 0 spiro atoms. The van der Waals surface area contributed by atoms with Crippen LogP contribution in [0.3, 0.4) is 0 Å². The van der Waals surface area contributed by atoms with E-state index in [1.165, 1.54) is 0 Å². The fourth-order valence-corrected chi connectivity index (χ4v) is 2.61. The van der Waals surface area contributed by atoms with E-state index in [4.69, 9.17) is 0 Å². The Hall–Kier alpha value is -1.92. The zero-order chi connectivity index (χ0) is 16.1. The van der Waals surface area contributed by atoms with E-state index in [2.05, 4.69) is 10.6 Å². The van der Waals surface area contributed by atoms with Gasteiger partial charge in [-0.05, 0) is 31.0 Å². The average molecular weight is 305 g/mol. The van der Waals surface area contributed by atoms with Gasteiger partial charge in [0.2, 0.25) is 5.91 Å². The molecule has 120 valence electrons. The number of benzene rings is 1. The number of carboxylic acids is 1. The van der Waals surface area contributed by atoms with Gasteiger partial charge in [0.1, 0.15) is 6.04 Å². The van der Waals surface area contributed by atoms with E-state index in [9.17, 15) is 14.7 Å². The van der Waals surface area contributed by atoms with Crippen molar-refractivity contribution in [1.82, 2.24) is 10.2 Å². The van der Waals surface area contributed by atoms with Crippen LogP contribution in [0.5, 0.6) is 0 Å². The quantitative estimate of drug-likeness (QED) is 0.756. The lowest BCUT2D eigenvalue weighted by Gasteiger charge is -2.32. The van der Waals surface area contributed by atoms with Gasteiger partial charge in [-0.2, -0.15) is 0 Å². The molecule has 22 heavy (non-hydrogen) atoms. The van der Waals surface area contributed by atoms with E-state index in [-0.39, 0.29) is 12.3 Å². The number of aliphatic carboxylic acids is 1. The number of hydrogen-bond donors (Lipinski definition) is 3. The standard InChI is InChI=1S/C16H23N3O3/c1-11-3-4-12(2)13(9-11)18-15(20)10-14(16(21)22)19-7-5-17-6-8-19/h3-4,9,14,17H,5-8,10H2,1-2H3,(H,18,20)(H,21,22). The molecule has 1 unspecified atom stereocenters. The van der Waals surface area contributed by atoms with Crippen LogP contribution in [-0.4, -0.2) is 54.1 Å². The van der Waals surface area contributed by atoms with Crippen molar-refractivity contribution in [3.8, 4) is 0 Å². The van der Waals surface area contributed by atoms with Gasteiger partial charge in [0.25, 0.3) is 0 Å². The number of nitrogens with zero attached hydrogens (tertiary/aromatic N) is 1. The summed E-state index contributed by atoms with van der Waals surface area (Å²) in [4.78, 5) is 25.5. The SMILES string of the molecule is Cc1ccc(C)c(NC(=O)CC(C(=O)O)N2CCNCC2)c1. The maximum atomic E-state index is 12.2. The molecule has 1 amide bonds. The lowest BCUT2D eigenvalue weighted by Crippen LogP contribution is -2.52. The Labute approximate surface area is 130 Å². The Kier molecular flexibility index (Phi) is 5.51. The number of amides is 1. The number of hydrogen-bond acceptors (Lipinski definition) is 4. The molecular formula is C16H23N3O3. The minimum Gasteiger partial charge on any atom is -0.480 e. The van der Waals surface area contributed by atoms with Crippen LogP contribution in [0, 0.1) is 13.8 Å². The number of nitrogens with one attached hydrogen (secondary N) is 2. The van der Waals surface area contributed by atoms with Gasteiger partial charge in [-0.25, -0.2) is 0 Å². The molecule has 1 atom stereocenters. The van der Waals surface area contributed by atoms with E-state index in [0.29, 0.717) is 13.1 Å². The minimum atomic E-state index is -0.946. The summed E-state index contributed by atoms with van der Waals surface area (Å²) < 4.78 is 0. The van der Waals surface area contributed by atoms with Crippen LogP contribution in [-0.2, 0) is 9.59 Å². The van der Waals surface area contributed by atoms with Gasteiger partial charge in [0, 0.05) is 31.9 Å². The molecule has 0 saturated carbocycles. The van der Waals surface area contributed by atoms with Crippen LogP contribution in [0.4, 0.5) is 5.69 Å². The molecule has 0 aromatic heterocycles. The number of aryl methyl sites for hydroxylation is 2. The summed E-state index contributed by atoms with van der Waals surface area (Å²) in [5.74, 6) is -1.21. The number of carbonyl (C=O) groups excluding carboxylic acids is 1. The van der Waals surface area contributed by atoms with Gasteiger partial charge < -0.3 is 15.7 Å². The molecule has 6 heteroatoms. The Morgan fingerprint density at radius 2 is 2.00 bits per heavy atom. The van der Waals surface area contributed by atoms with Crippen molar-refractivity contribution in [1.29, 1.82) is 0 Å². The molecular weight excluding hydrogens is 282 g/mol. The van der Waals surface area contributed by atoms with Crippen molar-refractivity contribution < 1.29 is 14.7 Å². The average Bonchev–Trinajstić information content (AvgIpc) is 2.49. The normalized spacial score (nSPS) is 17.0. The molecule has 1 saturated heterocycles. The molecule has 0 bridgehead atoms. The summed E-state index contributed by atoms with van der Waals surface area (Å²) in [6, 6.07) is 5.04. The zero-order valence-electron chi connectivity index (χ0n) is 13.1. The molecule has 1 heterocycles. The fourth-order valence-electron chi connectivity index (χ4n) is 2.61. The second kappa shape index (κ2) is 7.38. The van der Waals surface area contributed by atoms with Gasteiger partial charge in [0.15, 0.2) is 0 Å². The summed E-state index contributed by atoms with van der Waals surface area (Å²) >= 11 is 0. The number of anilines is 1. The topological polar surface area (TPSA) is 81.7 Å². The predicted octanol–water partition coefficient (Wildman–Crippen LogP) is 0.990. The molecule has 0 aliphatic carbocycles. The summed E-state index contributed by atoms with van der Waals surface area (Å²) in [5, 5.41) is 15.4. The molecule has 1 aliphatic rings. The molecule has 1 aromatic rings. The summed E-state index contributed by atoms with van der Waals surface area (Å²) in [6.45, 7) is 6.67. The summed E-state index contributed by atoms with van der Waals surface area (Å²) in [7, 11) is 0. The van der Waals surface area contributed by atoms with E-state index in [0.717, 1.165) is 29.9 Å². The van der Waals surface area contributed by atoms with Gasteiger partial charge in [-0.3, -0.25) is 14.5 Å². The minimum absolute atomic E-state index is 0.0390. The third-order valence-corrected chi connectivity index (χ3v) is 3.92. The molecule has 1 fully saturated rings. The van der Waals surface area contributed by atoms with E-state index in [1.807, 2.05) is 36.9 Å². The molecule has 3 N–H and O–H groups in total. The van der Waals surface area contributed by atoms with Crippen LogP contribution in [0.2, 0.25) is 0 Å². The van der Waals surface area contributed by atoms with Crippen molar-refractivity contribution in [2.24, 2.45) is 0 Å². The first kappa shape index (κ1) is 16.5. The van der Waals surface area contributed by atoms with Crippen LogP contribution in [0.15, 0.2) is 18.2 Å². The first-order valence-electron chi connectivity index (χ1n) is 7.52. The Balaban J connectivity index is 2.01. The second-order valence-corrected chi connectivity index (χ2v) is 5.71. The highest BCUT2D eigenvalue weighted by Gasteiger charge is 2.29. The van der Waals surface area contributed by atoms with E-state index in [1.54, 1.807) is 0 Å². The highest BCUT2D eigenvalue weighted by Crippen LogP contribution is 2.17. The van der Waals surface area contributed by atoms with Gasteiger partial charge >= 0.3 is 5.97 Å². The summed E-state index contributed by atoms with van der Waals surface area (Å²) in [5.41, 5.74) is 2.76. The van der Waals surface area contributed by atoms with Crippen molar-refractivity contribution in [2.75, 3.05) is 31.5 Å². The molecule has 1 aromatic carbocycles. The van der Waals surface area contributed by atoms with Crippen molar-refractivity contribution in [2.45, 2.75) is 26.3 Å². The Morgan fingerprint density at radius 1 is 1.32 bits per heavy atom. The van der Waals surface area contributed by atoms with E-state index >= 15 is 0 Å². The fraction of sp³-hybridized carbons (Fsp3) is 0.500. The molecule has 1 aliphatic heterocycles. The first-order valence-corrected chi connectivity index (χ1v) is 7.52. The van der Waals surface area contributed by atoms with E-state index < -0.39 is 12.0 Å². The predicted molar refractivity (Wildman–Crippen MR) is 85.0 cm³/mol. The maximum absolute atomic E-state index is 12.2. The molecule has 0 radical (unpaired) electrons. The second-order valence-electron chi connectivity index (χ2n) is 5.71. The summed E-state index contributed by atoms with van der Waals surface area (Å²) in [6.07, 6.45) is -0.0390. The zero-order valence-corrected chi connectivity index (χ0v) is 13.1. The highest BCUT2D eigenvalue weighted by atomic mass is 16.4. The van der Waals surface area contributed by atoms with Crippen LogP contribution < -0.4 is 10.6 Å². The van der Waals surface area contributed by atoms with Gasteiger partial charge in [0.05, 0.1) is 6.42 Å². The Bertz CT molecular complexity index is 554.